The monoisotopic (exact) mass is 478 g/mol. The molecule has 0 saturated carbocycles. The fourth-order valence-electron chi connectivity index (χ4n) is 1.22. The zero-order valence-electron chi connectivity index (χ0n) is 13.1. The lowest BCUT2D eigenvalue weighted by Crippen LogP contribution is -2.44. The van der Waals surface area contributed by atoms with Gasteiger partial charge in [-0.1, -0.05) is 59.4 Å². The standard InChI is InChI=1S/2C4H14O3Si2.8CH4.H2O/c2*1-8(2,5)7-9(3,4)6;;;;;;;;;/h2*5-6H,1-4H3;8*1H4;1H2. The van der Waals surface area contributed by atoms with Gasteiger partial charge in [-0.25, -0.2) is 0 Å². The van der Waals surface area contributed by atoms with Crippen LogP contribution in [0.4, 0.5) is 0 Å². The Labute approximate surface area is 179 Å². The summed E-state index contributed by atoms with van der Waals surface area (Å²) in [6.45, 7) is 13.1. The van der Waals surface area contributed by atoms with E-state index in [-0.39, 0.29) is 64.9 Å². The third-order valence-corrected chi connectivity index (χ3v) is 8.99. The van der Waals surface area contributed by atoms with E-state index in [1.165, 1.54) is 0 Å². The predicted octanol–water partition coefficient (Wildman–Crippen LogP) is 5.05. The Morgan fingerprint density at radius 2 is 0.444 bits per heavy atom. The molecular formula is C16H62O7Si4. The largest absolute Gasteiger partial charge is 0.415 e. The Balaban J connectivity index is -0.0000000158. The van der Waals surface area contributed by atoms with E-state index in [9.17, 15) is 0 Å². The number of hydrogen-bond donors (Lipinski definition) is 4. The first kappa shape index (κ1) is 70.9. The summed E-state index contributed by atoms with van der Waals surface area (Å²) in [5, 5.41) is 0. The lowest BCUT2D eigenvalue weighted by molar-refractivity contribution is 0.319. The highest BCUT2D eigenvalue weighted by Crippen LogP contribution is 2.08. The summed E-state index contributed by atoms with van der Waals surface area (Å²) in [5.74, 6) is 0. The first-order valence-electron chi connectivity index (χ1n) is 5.71. The molecule has 0 rings (SSSR count). The van der Waals surface area contributed by atoms with E-state index in [1.54, 1.807) is 52.4 Å². The Morgan fingerprint density at radius 1 is 0.370 bits per heavy atom. The van der Waals surface area contributed by atoms with Gasteiger partial charge in [0.25, 0.3) is 0 Å². The molecule has 0 radical (unpaired) electrons. The van der Waals surface area contributed by atoms with Crippen molar-refractivity contribution in [1.82, 2.24) is 0 Å². The molecule has 0 spiro atoms. The van der Waals surface area contributed by atoms with Gasteiger partial charge < -0.3 is 32.9 Å². The van der Waals surface area contributed by atoms with Gasteiger partial charge in [-0.3, -0.25) is 0 Å². The zero-order valence-corrected chi connectivity index (χ0v) is 17.1. The quantitative estimate of drug-likeness (QED) is 0.418. The van der Waals surface area contributed by atoms with Gasteiger partial charge in [0.1, 0.15) is 0 Å². The van der Waals surface area contributed by atoms with Crippen molar-refractivity contribution < 1.29 is 32.9 Å². The van der Waals surface area contributed by atoms with E-state index in [0.717, 1.165) is 0 Å². The minimum Gasteiger partial charge on any atom is -0.415 e. The van der Waals surface area contributed by atoms with Gasteiger partial charge in [-0.05, 0) is 52.4 Å². The van der Waals surface area contributed by atoms with Crippen LogP contribution in [0.15, 0.2) is 0 Å². The molecule has 0 aliphatic carbocycles. The maximum atomic E-state index is 9.14. The normalized spacial score (nSPS) is 9.33. The van der Waals surface area contributed by atoms with Crippen molar-refractivity contribution in [2.45, 2.75) is 112 Å². The minimum atomic E-state index is -2.48. The van der Waals surface area contributed by atoms with Gasteiger partial charge >= 0.3 is 34.2 Å². The van der Waals surface area contributed by atoms with Crippen molar-refractivity contribution in [1.29, 1.82) is 0 Å². The zero-order chi connectivity index (χ0) is 15.4. The van der Waals surface area contributed by atoms with Crippen LogP contribution in [0.3, 0.4) is 0 Å². The molecule has 0 unspecified atom stereocenters. The van der Waals surface area contributed by atoms with Crippen molar-refractivity contribution in [2.75, 3.05) is 0 Å². The topological polar surface area (TPSA) is 131 Å². The van der Waals surface area contributed by atoms with Crippen molar-refractivity contribution in [3.8, 4) is 0 Å². The van der Waals surface area contributed by atoms with E-state index in [1.807, 2.05) is 0 Å². The van der Waals surface area contributed by atoms with E-state index in [4.69, 9.17) is 27.4 Å². The predicted molar refractivity (Wildman–Crippen MR) is 138 cm³/mol. The highest BCUT2D eigenvalue weighted by atomic mass is 28.5. The molecule has 7 nitrogen and oxygen atoms in total. The summed E-state index contributed by atoms with van der Waals surface area (Å²) < 4.78 is 10.0. The second-order valence-corrected chi connectivity index (χ2v) is 19.2. The lowest BCUT2D eigenvalue weighted by atomic mass is 11.9. The van der Waals surface area contributed by atoms with Crippen LogP contribution in [-0.2, 0) is 8.23 Å². The van der Waals surface area contributed by atoms with Crippen LogP contribution in [0.2, 0.25) is 52.4 Å². The van der Waals surface area contributed by atoms with Crippen LogP contribution in [0.1, 0.15) is 59.4 Å². The Hall–Kier alpha value is 0.588. The molecule has 0 amide bonds. The molecule has 0 bridgehead atoms. The molecule has 0 saturated heterocycles. The molecule has 0 aromatic heterocycles. The third kappa shape index (κ3) is 101. The summed E-state index contributed by atoms with van der Waals surface area (Å²) in [6.07, 6.45) is 0. The van der Waals surface area contributed by atoms with Gasteiger partial charge in [0.05, 0.1) is 0 Å². The van der Waals surface area contributed by atoms with Crippen molar-refractivity contribution in [3.63, 3.8) is 0 Å². The van der Waals surface area contributed by atoms with Gasteiger partial charge in [0.15, 0.2) is 0 Å². The van der Waals surface area contributed by atoms with E-state index in [2.05, 4.69) is 0 Å². The molecule has 0 heterocycles. The van der Waals surface area contributed by atoms with E-state index in [0.29, 0.717) is 0 Å². The number of hydrogen-bond acceptors (Lipinski definition) is 6. The van der Waals surface area contributed by atoms with Crippen LogP contribution in [-0.4, -0.2) is 58.9 Å². The van der Waals surface area contributed by atoms with Crippen molar-refractivity contribution in [2.24, 2.45) is 0 Å². The summed E-state index contributed by atoms with van der Waals surface area (Å²) in [4.78, 5) is 36.6. The Morgan fingerprint density at radius 3 is 0.444 bits per heavy atom. The molecule has 0 aliphatic heterocycles. The SMILES string of the molecule is C.C.C.C.C.C.C.C.C[Si](C)(O)O[Si](C)(C)O.C[Si](C)(O)O[Si](C)(C)O.O. The molecule has 27 heavy (non-hydrogen) atoms. The molecule has 0 aliphatic rings. The molecule has 184 valence electrons. The van der Waals surface area contributed by atoms with Crippen LogP contribution in [0, 0.1) is 0 Å². The van der Waals surface area contributed by atoms with Crippen molar-refractivity contribution in [3.05, 3.63) is 0 Å². The molecule has 0 aromatic rings. The first-order chi connectivity index (χ1) is 7.41. The van der Waals surface area contributed by atoms with Crippen LogP contribution >= 0.6 is 0 Å². The van der Waals surface area contributed by atoms with Gasteiger partial charge in [0.2, 0.25) is 0 Å². The smallest absolute Gasteiger partial charge is 0.320 e. The minimum absolute atomic E-state index is 0. The van der Waals surface area contributed by atoms with E-state index >= 15 is 0 Å². The summed E-state index contributed by atoms with van der Waals surface area (Å²) in [7, 11) is -9.92. The van der Waals surface area contributed by atoms with Crippen molar-refractivity contribution >= 4 is 34.2 Å². The molecule has 0 aromatic carbocycles. The fourth-order valence-corrected chi connectivity index (χ4v) is 11.0. The van der Waals surface area contributed by atoms with Gasteiger partial charge in [0, 0.05) is 0 Å². The lowest BCUT2D eigenvalue weighted by Gasteiger charge is -2.23. The molecule has 11 heteroatoms. The third-order valence-electron chi connectivity index (χ3n) is 0.999. The highest BCUT2D eigenvalue weighted by Gasteiger charge is 2.30. The molecule has 0 fully saturated rings. The second-order valence-electron chi connectivity index (χ2n) is 5.99. The molecular weight excluding hydrogens is 417 g/mol. The number of rotatable bonds is 4. The first-order valence-corrected chi connectivity index (χ1v) is 17.1. The fraction of sp³-hybridized carbons (Fsp3) is 1.00. The van der Waals surface area contributed by atoms with E-state index < -0.39 is 34.2 Å². The maximum Gasteiger partial charge on any atom is 0.320 e. The van der Waals surface area contributed by atoms with Gasteiger partial charge in [-0.15, -0.1) is 0 Å². The summed E-state index contributed by atoms with van der Waals surface area (Å²) >= 11 is 0. The van der Waals surface area contributed by atoms with Crippen LogP contribution in [0.25, 0.3) is 0 Å². The molecule has 0 atom stereocenters. The highest BCUT2D eigenvalue weighted by molar-refractivity contribution is 6.77. The summed E-state index contributed by atoms with van der Waals surface area (Å²) in [6, 6.07) is 0. The summed E-state index contributed by atoms with van der Waals surface area (Å²) in [5.41, 5.74) is 0. The second kappa shape index (κ2) is 24.6. The van der Waals surface area contributed by atoms with Crippen LogP contribution in [0.5, 0.6) is 0 Å². The van der Waals surface area contributed by atoms with Gasteiger partial charge in [-0.2, -0.15) is 0 Å². The molecule has 6 N–H and O–H groups in total. The maximum absolute atomic E-state index is 9.14. The average molecular weight is 479 g/mol. The van der Waals surface area contributed by atoms with Crippen LogP contribution < -0.4 is 0 Å². The Bertz CT molecular complexity index is 193. The Kier molecular flexibility index (Phi) is 64.6. The average Bonchev–Trinajstić information content (AvgIpc) is 1.64.